The van der Waals surface area contributed by atoms with Gasteiger partial charge in [0.15, 0.2) is 0 Å². The van der Waals surface area contributed by atoms with Crippen molar-refractivity contribution in [2.45, 2.75) is 45.1 Å². The van der Waals surface area contributed by atoms with Gasteiger partial charge in [-0.05, 0) is 79.1 Å². The van der Waals surface area contributed by atoms with Crippen molar-refractivity contribution in [2.24, 2.45) is 17.1 Å². The molecule has 8 heteroatoms. The van der Waals surface area contributed by atoms with E-state index in [-0.39, 0.29) is 17.4 Å². The summed E-state index contributed by atoms with van der Waals surface area (Å²) in [6.45, 7) is 5.36. The van der Waals surface area contributed by atoms with Gasteiger partial charge < -0.3 is 11.1 Å². The van der Waals surface area contributed by atoms with Gasteiger partial charge in [0.1, 0.15) is 0 Å². The zero-order valence-corrected chi connectivity index (χ0v) is 23.7. The number of halogens is 2. The normalized spacial score (nSPS) is 18.9. The van der Waals surface area contributed by atoms with Gasteiger partial charge in [0.05, 0.1) is 27.5 Å². The fraction of sp³-hybridized carbons (Fsp3) is 0.323. The van der Waals surface area contributed by atoms with Crippen molar-refractivity contribution in [3.63, 3.8) is 0 Å². The van der Waals surface area contributed by atoms with Crippen molar-refractivity contribution >= 4 is 29.1 Å². The third-order valence-electron chi connectivity index (χ3n) is 8.18. The Labute approximate surface area is 239 Å². The van der Waals surface area contributed by atoms with Gasteiger partial charge in [-0.25, -0.2) is 4.68 Å². The standard InChI is InChI=1S/C31H33Cl2N5O/c1-31(2)22(12-14-36-28(30(34)39)15-20-7-4-3-5-8-20)16-24(31)29-18-27(21-9-6-13-35-19-21)37-38(29)23-10-11-25(32)26(33)17-23/h3-11,13,17-19,22,24,28,36H,12,14-16H2,1-2H3,(H2,34,39)/t22-,24-,28-/m0/s1. The van der Waals surface area contributed by atoms with E-state index in [1.54, 1.807) is 12.3 Å². The predicted octanol–water partition coefficient (Wildman–Crippen LogP) is 6.45. The molecule has 1 aliphatic carbocycles. The Morgan fingerprint density at radius 2 is 1.90 bits per heavy atom. The molecule has 0 spiro atoms. The number of amides is 1. The van der Waals surface area contributed by atoms with E-state index in [0.717, 1.165) is 47.6 Å². The Morgan fingerprint density at radius 3 is 2.56 bits per heavy atom. The van der Waals surface area contributed by atoms with E-state index in [0.29, 0.717) is 28.3 Å². The van der Waals surface area contributed by atoms with E-state index in [4.69, 9.17) is 34.0 Å². The summed E-state index contributed by atoms with van der Waals surface area (Å²) in [7, 11) is 0. The molecule has 0 aliphatic heterocycles. The highest BCUT2D eigenvalue weighted by Crippen LogP contribution is 2.58. The van der Waals surface area contributed by atoms with Gasteiger partial charge in [-0.2, -0.15) is 5.10 Å². The molecule has 4 aromatic rings. The molecule has 39 heavy (non-hydrogen) atoms. The number of benzene rings is 2. The van der Waals surface area contributed by atoms with Gasteiger partial charge in [0.25, 0.3) is 0 Å². The Morgan fingerprint density at radius 1 is 1.10 bits per heavy atom. The van der Waals surface area contributed by atoms with Gasteiger partial charge in [-0.1, -0.05) is 67.4 Å². The molecule has 2 aromatic carbocycles. The lowest BCUT2D eigenvalue weighted by Gasteiger charge is -2.52. The van der Waals surface area contributed by atoms with Crippen molar-refractivity contribution in [3.8, 4) is 16.9 Å². The second-order valence-electron chi connectivity index (χ2n) is 10.9. The summed E-state index contributed by atoms with van der Waals surface area (Å²) in [5.41, 5.74) is 10.7. The summed E-state index contributed by atoms with van der Waals surface area (Å²) < 4.78 is 1.99. The molecule has 0 bridgehead atoms. The van der Waals surface area contributed by atoms with Crippen molar-refractivity contribution in [3.05, 3.63) is 100 Å². The van der Waals surface area contributed by atoms with Crippen molar-refractivity contribution in [2.75, 3.05) is 6.54 Å². The molecule has 1 aliphatic rings. The van der Waals surface area contributed by atoms with E-state index in [1.807, 2.05) is 65.5 Å². The van der Waals surface area contributed by atoms with Crippen LogP contribution in [0.3, 0.4) is 0 Å². The lowest BCUT2D eigenvalue weighted by Crippen LogP contribution is -2.47. The number of carbonyl (C=O) groups excluding carboxylic acids is 1. The lowest BCUT2D eigenvalue weighted by molar-refractivity contribution is -0.120. The summed E-state index contributed by atoms with van der Waals surface area (Å²) in [4.78, 5) is 16.4. The molecule has 202 valence electrons. The fourth-order valence-corrected chi connectivity index (χ4v) is 5.98. The number of primary amides is 1. The zero-order valence-electron chi connectivity index (χ0n) is 22.1. The second-order valence-corrected chi connectivity index (χ2v) is 11.7. The maximum Gasteiger partial charge on any atom is 0.234 e. The van der Waals surface area contributed by atoms with Crippen LogP contribution in [0.1, 0.15) is 43.9 Å². The number of rotatable bonds is 10. The van der Waals surface area contributed by atoms with Crippen LogP contribution in [0, 0.1) is 11.3 Å². The van der Waals surface area contributed by atoms with Crippen molar-refractivity contribution < 1.29 is 4.79 Å². The Hall–Kier alpha value is -3.19. The predicted molar refractivity (Wildman–Crippen MR) is 157 cm³/mol. The fourth-order valence-electron chi connectivity index (χ4n) is 5.69. The topological polar surface area (TPSA) is 85.8 Å². The first-order chi connectivity index (χ1) is 18.7. The molecule has 2 aromatic heterocycles. The number of nitrogens with zero attached hydrogens (tertiary/aromatic N) is 3. The number of nitrogens with two attached hydrogens (primary N) is 1. The molecule has 3 N–H and O–H groups in total. The molecule has 2 heterocycles. The van der Waals surface area contributed by atoms with Gasteiger partial charge in [-0.3, -0.25) is 9.78 Å². The number of aromatic nitrogens is 3. The van der Waals surface area contributed by atoms with Gasteiger partial charge in [0.2, 0.25) is 5.91 Å². The van der Waals surface area contributed by atoms with Gasteiger partial charge in [-0.15, -0.1) is 0 Å². The quantitative estimate of drug-likeness (QED) is 0.233. The van der Waals surface area contributed by atoms with Crippen LogP contribution >= 0.6 is 23.2 Å². The van der Waals surface area contributed by atoms with Crippen LogP contribution in [0.5, 0.6) is 0 Å². The molecule has 5 rings (SSSR count). The molecule has 0 unspecified atom stereocenters. The number of carbonyl (C=O) groups is 1. The molecule has 1 saturated carbocycles. The van der Waals surface area contributed by atoms with Crippen LogP contribution in [-0.2, 0) is 11.2 Å². The van der Waals surface area contributed by atoms with Crippen molar-refractivity contribution in [1.29, 1.82) is 0 Å². The van der Waals surface area contributed by atoms with Crippen LogP contribution in [0.4, 0.5) is 0 Å². The molecular formula is C31H33Cl2N5O. The summed E-state index contributed by atoms with van der Waals surface area (Å²) in [6.07, 6.45) is 6.16. The number of pyridine rings is 1. The highest BCUT2D eigenvalue weighted by Gasteiger charge is 2.49. The summed E-state index contributed by atoms with van der Waals surface area (Å²) in [5, 5.41) is 9.39. The lowest BCUT2D eigenvalue weighted by atomic mass is 9.53. The maximum atomic E-state index is 12.1. The van der Waals surface area contributed by atoms with Crippen LogP contribution in [0.15, 0.2) is 79.1 Å². The number of hydrogen-bond acceptors (Lipinski definition) is 4. The van der Waals surface area contributed by atoms with Gasteiger partial charge >= 0.3 is 0 Å². The highest BCUT2D eigenvalue weighted by molar-refractivity contribution is 6.42. The molecule has 1 amide bonds. The molecule has 3 atom stereocenters. The van der Waals surface area contributed by atoms with E-state index < -0.39 is 0 Å². The van der Waals surface area contributed by atoms with Crippen LogP contribution in [-0.4, -0.2) is 33.3 Å². The summed E-state index contributed by atoms with van der Waals surface area (Å²) in [5.74, 6) is 0.462. The number of hydrogen-bond donors (Lipinski definition) is 2. The minimum atomic E-state index is -0.385. The van der Waals surface area contributed by atoms with E-state index in [2.05, 4.69) is 30.2 Å². The third-order valence-corrected chi connectivity index (χ3v) is 8.92. The minimum absolute atomic E-state index is 0.0313. The van der Waals surface area contributed by atoms with Crippen LogP contribution in [0.25, 0.3) is 16.9 Å². The zero-order chi connectivity index (χ0) is 27.6. The molecule has 0 radical (unpaired) electrons. The maximum absolute atomic E-state index is 12.1. The number of nitrogens with one attached hydrogen (secondary N) is 1. The first-order valence-electron chi connectivity index (χ1n) is 13.3. The van der Waals surface area contributed by atoms with Crippen LogP contribution in [0.2, 0.25) is 10.0 Å². The smallest absolute Gasteiger partial charge is 0.234 e. The van der Waals surface area contributed by atoms with Gasteiger partial charge in [0, 0.05) is 29.6 Å². The average molecular weight is 563 g/mol. The minimum Gasteiger partial charge on any atom is -0.368 e. The molecule has 1 fully saturated rings. The van der Waals surface area contributed by atoms with Crippen molar-refractivity contribution in [1.82, 2.24) is 20.1 Å². The summed E-state index contributed by atoms with van der Waals surface area (Å²) >= 11 is 12.6. The van der Waals surface area contributed by atoms with E-state index >= 15 is 0 Å². The monoisotopic (exact) mass is 561 g/mol. The Balaban J connectivity index is 1.32. The van der Waals surface area contributed by atoms with E-state index in [9.17, 15) is 4.79 Å². The largest absolute Gasteiger partial charge is 0.368 e. The molecule has 0 saturated heterocycles. The Kier molecular flexibility index (Phi) is 8.08. The Bertz CT molecular complexity index is 1440. The second kappa shape index (κ2) is 11.5. The SMILES string of the molecule is CC1(C)[C@@H](CCN[C@@H](Cc2ccccc2)C(N)=O)C[C@H]1c1cc(-c2cccnc2)nn1-c1ccc(Cl)c(Cl)c1. The molecular weight excluding hydrogens is 529 g/mol. The molecule has 6 nitrogen and oxygen atoms in total. The third kappa shape index (κ3) is 5.88. The summed E-state index contributed by atoms with van der Waals surface area (Å²) in [6, 6.07) is 21.3. The highest BCUT2D eigenvalue weighted by atomic mass is 35.5. The van der Waals surface area contributed by atoms with Crippen LogP contribution < -0.4 is 11.1 Å². The first-order valence-corrected chi connectivity index (χ1v) is 14.0. The van der Waals surface area contributed by atoms with E-state index in [1.165, 1.54) is 0 Å². The average Bonchev–Trinajstić information content (AvgIpc) is 3.36. The first kappa shape index (κ1) is 27.4.